The van der Waals surface area contributed by atoms with Gasteiger partial charge in [0.25, 0.3) is 0 Å². The van der Waals surface area contributed by atoms with Crippen molar-refractivity contribution >= 4 is 46.9 Å². The number of ether oxygens (including phenoxy) is 2. The summed E-state index contributed by atoms with van der Waals surface area (Å²) in [5.74, 6) is -1.39. The van der Waals surface area contributed by atoms with Crippen molar-refractivity contribution in [1.29, 1.82) is 0 Å². The van der Waals surface area contributed by atoms with E-state index < -0.39 is 11.9 Å². The lowest BCUT2D eigenvalue weighted by atomic mass is 10.3. The fourth-order valence-electron chi connectivity index (χ4n) is 2.10. The van der Waals surface area contributed by atoms with Gasteiger partial charge in [0.1, 0.15) is 23.3 Å². The Kier molecular flexibility index (Phi) is 6.85. The molecule has 0 unspecified atom stereocenters. The summed E-state index contributed by atoms with van der Waals surface area (Å²) in [6.45, 7) is 0. The number of para-hydroxylation sites is 1. The molecule has 1 heterocycles. The summed E-state index contributed by atoms with van der Waals surface area (Å²) < 4.78 is 11.9. The van der Waals surface area contributed by atoms with Crippen LogP contribution in [0.5, 0.6) is 11.5 Å². The Morgan fingerprint density at radius 3 is 2.43 bits per heavy atom. The first kappa shape index (κ1) is 20.1. The minimum atomic E-state index is -0.628. The Morgan fingerprint density at radius 2 is 1.71 bits per heavy atom. The van der Waals surface area contributed by atoms with Crippen molar-refractivity contribution in [2.75, 3.05) is 11.8 Å². The van der Waals surface area contributed by atoms with Gasteiger partial charge in [0.15, 0.2) is 0 Å². The van der Waals surface area contributed by atoms with Crippen LogP contribution in [0.3, 0.4) is 0 Å². The standard InChI is InChI=1S/C17H12Cl2N4O4S/c18-9-15(24)26-12-6-7-13(27-16(25)10-19)14(8-12)28-17-20-21-22-23(17)11-4-2-1-3-5-11/h1-8H,9-10H2. The first-order valence-electron chi connectivity index (χ1n) is 7.79. The van der Waals surface area contributed by atoms with Crippen LogP contribution in [-0.2, 0) is 9.59 Å². The van der Waals surface area contributed by atoms with Crippen LogP contribution in [0.1, 0.15) is 0 Å². The quantitative estimate of drug-likeness (QED) is 0.315. The molecule has 1 aromatic heterocycles. The minimum absolute atomic E-state index is 0.226. The van der Waals surface area contributed by atoms with Gasteiger partial charge in [0.2, 0.25) is 5.16 Å². The molecule has 3 rings (SSSR count). The van der Waals surface area contributed by atoms with Gasteiger partial charge in [-0.05, 0) is 52.5 Å². The van der Waals surface area contributed by atoms with Crippen LogP contribution in [0.25, 0.3) is 5.69 Å². The summed E-state index contributed by atoms with van der Waals surface area (Å²) in [5, 5.41) is 12.1. The molecular formula is C17H12Cl2N4O4S. The van der Waals surface area contributed by atoms with E-state index in [0.29, 0.717) is 10.1 Å². The molecule has 0 aliphatic carbocycles. The molecular weight excluding hydrogens is 427 g/mol. The third kappa shape index (κ3) is 5.00. The summed E-state index contributed by atoms with van der Waals surface area (Å²) in [6.07, 6.45) is 0. The molecule has 0 amide bonds. The van der Waals surface area contributed by atoms with E-state index in [1.54, 1.807) is 0 Å². The maximum atomic E-state index is 11.6. The average molecular weight is 439 g/mol. The highest BCUT2D eigenvalue weighted by Crippen LogP contribution is 2.37. The number of benzene rings is 2. The lowest BCUT2D eigenvalue weighted by Gasteiger charge is -2.11. The molecule has 0 fully saturated rings. The van der Waals surface area contributed by atoms with Crippen LogP contribution in [0.2, 0.25) is 0 Å². The molecule has 0 aliphatic rings. The van der Waals surface area contributed by atoms with Gasteiger partial charge in [0, 0.05) is 0 Å². The van der Waals surface area contributed by atoms with Crippen molar-refractivity contribution in [3.05, 3.63) is 48.5 Å². The second kappa shape index (κ2) is 9.54. The number of tetrazole rings is 1. The summed E-state index contributed by atoms with van der Waals surface area (Å²) in [6, 6.07) is 13.7. The van der Waals surface area contributed by atoms with Crippen LogP contribution >= 0.6 is 35.0 Å². The normalized spacial score (nSPS) is 10.5. The number of rotatable bonds is 7. The van der Waals surface area contributed by atoms with Gasteiger partial charge in [-0.1, -0.05) is 18.2 Å². The molecule has 0 saturated heterocycles. The van der Waals surface area contributed by atoms with E-state index in [0.717, 1.165) is 17.4 Å². The van der Waals surface area contributed by atoms with Gasteiger partial charge in [-0.2, -0.15) is 4.68 Å². The van der Waals surface area contributed by atoms with Crippen LogP contribution in [0, 0.1) is 0 Å². The van der Waals surface area contributed by atoms with Gasteiger partial charge < -0.3 is 9.47 Å². The van der Waals surface area contributed by atoms with E-state index in [9.17, 15) is 9.59 Å². The number of esters is 2. The fourth-order valence-corrected chi connectivity index (χ4v) is 3.09. The van der Waals surface area contributed by atoms with E-state index in [-0.39, 0.29) is 23.3 Å². The summed E-state index contributed by atoms with van der Waals surface area (Å²) in [5.41, 5.74) is 0.749. The second-order valence-electron chi connectivity index (χ2n) is 5.13. The SMILES string of the molecule is O=C(CCl)Oc1ccc(OC(=O)CCl)c(Sc2nnnn2-c2ccccc2)c1. The zero-order valence-electron chi connectivity index (χ0n) is 14.1. The van der Waals surface area contributed by atoms with E-state index in [4.69, 9.17) is 32.7 Å². The molecule has 0 spiro atoms. The highest BCUT2D eigenvalue weighted by molar-refractivity contribution is 7.99. The average Bonchev–Trinajstić information content (AvgIpc) is 3.18. The number of carbonyl (C=O) groups excluding carboxylic acids is 2. The van der Waals surface area contributed by atoms with Crippen molar-refractivity contribution < 1.29 is 19.1 Å². The molecule has 0 aliphatic heterocycles. The number of hydrogen-bond acceptors (Lipinski definition) is 8. The van der Waals surface area contributed by atoms with E-state index >= 15 is 0 Å². The topological polar surface area (TPSA) is 96.2 Å². The van der Waals surface area contributed by atoms with Crippen LogP contribution < -0.4 is 9.47 Å². The summed E-state index contributed by atoms with van der Waals surface area (Å²) in [7, 11) is 0. The highest BCUT2D eigenvalue weighted by atomic mass is 35.5. The Balaban J connectivity index is 1.95. The van der Waals surface area contributed by atoms with Gasteiger partial charge in [-0.15, -0.1) is 28.3 Å². The smallest absolute Gasteiger partial charge is 0.326 e. The van der Waals surface area contributed by atoms with E-state index in [2.05, 4.69) is 15.5 Å². The van der Waals surface area contributed by atoms with Crippen molar-refractivity contribution in [3.8, 4) is 17.2 Å². The summed E-state index contributed by atoms with van der Waals surface area (Å²) in [4.78, 5) is 23.5. The first-order chi connectivity index (χ1) is 13.6. The maximum absolute atomic E-state index is 11.6. The Morgan fingerprint density at radius 1 is 1.00 bits per heavy atom. The first-order valence-corrected chi connectivity index (χ1v) is 9.68. The van der Waals surface area contributed by atoms with Crippen molar-refractivity contribution in [2.45, 2.75) is 10.1 Å². The molecule has 28 heavy (non-hydrogen) atoms. The highest BCUT2D eigenvalue weighted by Gasteiger charge is 2.17. The summed E-state index contributed by atoms with van der Waals surface area (Å²) >= 11 is 12.1. The lowest BCUT2D eigenvalue weighted by Crippen LogP contribution is -2.11. The van der Waals surface area contributed by atoms with Gasteiger partial charge in [-0.3, -0.25) is 9.59 Å². The molecule has 8 nitrogen and oxygen atoms in total. The number of carbonyl (C=O) groups is 2. The largest absolute Gasteiger partial charge is 0.426 e. The van der Waals surface area contributed by atoms with Gasteiger partial charge in [-0.25, -0.2) is 0 Å². The van der Waals surface area contributed by atoms with Crippen LogP contribution in [0.15, 0.2) is 58.6 Å². The van der Waals surface area contributed by atoms with Crippen molar-refractivity contribution in [3.63, 3.8) is 0 Å². The lowest BCUT2D eigenvalue weighted by molar-refractivity contribution is -0.132. The maximum Gasteiger partial charge on any atom is 0.326 e. The third-order valence-corrected chi connectivity index (χ3v) is 4.64. The monoisotopic (exact) mass is 438 g/mol. The molecule has 0 atom stereocenters. The van der Waals surface area contributed by atoms with E-state index in [1.165, 1.54) is 22.9 Å². The number of hydrogen-bond donors (Lipinski definition) is 0. The zero-order valence-corrected chi connectivity index (χ0v) is 16.4. The Labute approximate surface area is 173 Å². The number of alkyl halides is 2. The molecule has 144 valence electrons. The fraction of sp³-hybridized carbons (Fsp3) is 0.118. The number of aromatic nitrogens is 4. The zero-order chi connectivity index (χ0) is 19.9. The third-order valence-electron chi connectivity index (χ3n) is 3.23. The second-order valence-corrected chi connectivity index (χ2v) is 6.68. The number of halogens is 2. The Hall–Kier alpha value is -2.62. The molecule has 0 N–H and O–H groups in total. The molecule has 0 radical (unpaired) electrons. The predicted octanol–water partition coefficient (Wildman–Crippen LogP) is 3.10. The molecule has 0 bridgehead atoms. The number of nitrogens with zero attached hydrogens (tertiary/aromatic N) is 4. The van der Waals surface area contributed by atoms with Gasteiger partial charge in [0.05, 0.1) is 10.6 Å². The minimum Gasteiger partial charge on any atom is -0.426 e. The molecule has 11 heteroatoms. The molecule has 3 aromatic rings. The van der Waals surface area contributed by atoms with Crippen LogP contribution in [0.4, 0.5) is 0 Å². The van der Waals surface area contributed by atoms with Crippen molar-refractivity contribution in [1.82, 2.24) is 20.2 Å². The van der Waals surface area contributed by atoms with E-state index in [1.807, 2.05) is 30.3 Å². The molecule has 0 saturated carbocycles. The molecule has 2 aromatic carbocycles. The van der Waals surface area contributed by atoms with Gasteiger partial charge >= 0.3 is 11.9 Å². The van der Waals surface area contributed by atoms with Crippen LogP contribution in [-0.4, -0.2) is 43.9 Å². The Bertz CT molecular complexity index is 984. The predicted molar refractivity (Wildman–Crippen MR) is 102 cm³/mol. The van der Waals surface area contributed by atoms with Crippen molar-refractivity contribution in [2.24, 2.45) is 0 Å².